The molecule has 78 valence electrons. The summed E-state index contributed by atoms with van der Waals surface area (Å²) < 4.78 is 42.0. The molecule has 0 bridgehead atoms. The lowest BCUT2D eigenvalue weighted by atomic mass is 10.2. The highest BCUT2D eigenvalue weighted by atomic mass is 19.3. The first-order valence-corrected chi connectivity index (χ1v) is 3.81. The molecular weight excluding hydrogens is 197 g/mol. The number of ether oxygens (including phenoxy) is 1. The molecule has 0 fully saturated rings. The highest BCUT2D eigenvalue weighted by Gasteiger charge is 2.17. The summed E-state index contributed by atoms with van der Waals surface area (Å²) in [5, 5.41) is 0. The molecule has 0 aliphatic rings. The van der Waals surface area contributed by atoms with Crippen LogP contribution in [-0.4, -0.2) is 12.1 Å². The van der Waals surface area contributed by atoms with E-state index in [2.05, 4.69) is 9.72 Å². The normalized spacial score (nSPS) is 10.7. The van der Waals surface area contributed by atoms with E-state index in [1.807, 2.05) is 0 Å². The van der Waals surface area contributed by atoms with Crippen molar-refractivity contribution in [3.05, 3.63) is 23.3 Å². The van der Waals surface area contributed by atoms with Gasteiger partial charge >= 0.3 is 0 Å². The second kappa shape index (κ2) is 4.28. The molecule has 1 aromatic rings. The van der Waals surface area contributed by atoms with Crippen molar-refractivity contribution in [2.24, 2.45) is 5.73 Å². The minimum absolute atomic E-state index is 0.0810. The Kier molecular flexibility index (Phi) is 3.29. The molecule has 0 aromatic carbocycles. The smallest absolute Gasteiger partial charge is 0.280 e. The van der Waals surface area contributed by atoms with Gasteiger partial charge in [0.2, 0.25) is 0 Å². The van der Waals surface area contributed by atoms with Gasteiger partial charge in [0.1, 0.15) is 5.69 Å². The van der Waals surface area contributed by atoms with Gasteiger partial charge in [0.25, 0.3) is 12.4 Å². The minimum atomic E-state index is -2.82. The van der Waals surface area contributed by atoms with Crippen LogP contribution >= 0.6 is 0 Å². The molecule has 14 heavy (non-hydrogen) atoms. The van der Waals surface area contributed by atoms with Gasteiger partial charge in [0.05, 0.1) is 7.11 Å². The maximum absolute atomic E-state index is 13.0. The van der Waals surface area contributed by atoms with E-state index in [0.29, 0.717) is 0 Å². The van der Waals surface area contributed by atoms with Crippen LogP contribution in [0.15, 0.2) is 6.07 Å². The summed E-state index contributed by atoms with van der Waals surface area (Å²) >= 11 is 0. The molecule has 0 saturated carbocycles. The van der Waals surface area contributed by atoms with Gasteiger partial charge in [-0.05, 0) is 6.07 Å². The molecule has 0 aliphatic carbocycles. The van der Waals surface area contributed by atoms with Crippen molar-refractivity contribution in [2.45, 2.75) is 13.0 Å². The third-order valence-electron chi connectivity index (χ3n) is 1.68. The largest absolute Gasteiger partial charge is 0.492 e. The number of methoxy groups -OCH3 is 1. The van der Waals surface area contributed by atoms with E-state index in [0.717, 1.165) is 6.07 Å². The quantitative estimate of drug-likeness (QED) is 0.764. The van der Waals surface area contributed by atoms with E-state index < -0.39 is 18.1 Å². The lowest BCUT2D eigenvalue weighted by Crippen LogP contribution is -2.06. The summed E-state index contributed by atoms with van der Waals surface area (Å²) in [5.41, 5.74) is 4.79. The van der Waals surface area contributed by atoms with Gasteiger partial charge in [0, 0.05) is 12.1 Å². The number of pyridine rings is 1. The molecule has 0 amide bonds. The highest BCUT2D eigenvalue weighted by Crippen LogP contribution is 2.25. The fourth-order valence-electron chi connectivity index (χ4n) is 1.05. The van der Waals surface area contributed by atoms with Crippen LogP contribution in [0.5, 0.6) is 5.75 Å². The second-order valence-corrected chi connectivity index (χ2v) is 2.54. The zero-order valence-corrected chi connectivity index (χ0v) is 7.43. The average molecular weight is 206 g/mol. The highest BCUT2D eigenvalue weighted by molar-refractivity contribution is 5.33. The predicted molar refractivity (Wildman–Crippen MR) is 43.6 cm³/mol. The number of rotatable bonds is 3. The van der Waals surface area contributed by atoms with Crippen LogP contribution in [0.25, 0.3) is 0 Å². The summed E-state index contributed by atoms with van der Waals surface area (Å²) in [5.74, 6) is -1.25. The average Bonchev–Trinajstić information content (AvgIpc) is 2.16. The first-order chi connectivity index (χ1) is 6.60. The maximum Gasteiger partial charge on any atom is 0.280 e. The van der Waals surface area contributed by atoms with Crippen LogP contribution in [0.4, 0.5) is 13.2 Å². The molecule has 0 aliphatic heterocycles. The van der Waals surface area contributed by atoms with Gasteiger partial charge in [-0.25, -0.2) is 13.8 Å². The molecule has 0 spiro atoms. The Balaban J connectivity index is 3.24. The molecule has 3 nitrogen and oxygen atoms in total. The fraction of sp³-hybridized carbons (Fsp3) is 0.375. The first-order valence-electron chi connectivity index (χ1n) is 3.81. The van der Waals surface area contributed by atoms with E-state index in [4.69, 9.17) is 5.73 Å². The zero-order valence-electron chi connectivity index (χ0n) is 7.43. The standard InChI is InChI=1S/C8H9F3N2O/c1-14-6-4(3-12)2-5(7(9)10)13-8(6)11/h2,7H,3,12H2,1H3. The lowest BCUT2D eigenvalue weighted by molar-refractivity contribution is 0.144. The number of alkyl halides is 2. The summed E-state index contributed by atoms with van der Waals surface area (Å²) in [7, 11) is 1.22. The van der Waals surface area contributed by atoms with E-state index in [1.54, 1.807) is 0 Å². The second-order valence-electron chi connectivity index (χ2n) is 2.54. The van der Waals surface area contributed by atoms with Crippen LogP contribution in [0.3, 0.4) is 0 Å². The molecule has 0 atom stereocenters. The minimum Gasteiger partial charge on any atom is -0.492 e. The Bertz CT molecular complexity index is 331. The molecule has 1 aromatic heterocycles. The number of aromatic nitrogens is 1. The Hall–Kier alpha value is -1.30. The number of nitrogens with zero attached hydrogens (tertiary/aromatic N) is 1. The van der Waals surface area contributed by atoms with Gasteiger partial charge in [0.15, 0.2) is 5.75 Å². The number of nitrogens with two attached hydrogens (primary N) is 1. The Labute approximate surface area is 78.7 Å². The molecule has 0 saturated heterocycles. The Morgan fingerprint density at radius 3 is 2.64 bits per heavy atom. The molecule has 1 heterocycles. The van der Waals surface area contributed by atoms with Crippen molar-refractivity contribution in [2.75, 3.05) is 7.11 Å². The van der Waals surface area contributed by atoms with Gasteiger partial charge in [-0.3, -0.25) is 0 Å². The van der Waals surface area contributed by atoms with Gasteiger partial charge in [-0.1, -0.05) is 0 Å². The summed E-state index contributed by atoms with van der Waals surface area (Å²) in [4.78, 5) is 3.05. The van der Waals surface area contributed by atoms with Crippen molar-refractivity contribution in [1.29, 1.82) is 0 Å². The molecule has 1 rings (SSSR count). The SMILES string of the molecule is COc1c(CN)cc(C(F)F)nc1F. The predicted octanol–water partition coefficient (Wildman–Crippen LogP) is 1.63. The van der Waals surface area contributed by atoms with Crippen molar-refractivity contribution in [3.63, 3.8) is 0 Å². The third kappa shape index (κ3) is 1.95. The Morgan fingerprint density at radius 2 is 2.21 bits per heavy atom. The van der Waals surface area contributed by atoms with Crippen LogP contribution < -0.4 is 10.5 Å². The van der Waals surface area contributed by atoms with E-state index in [-0.39, 0.29) is 17.9 Å². The molecule has 0 unspecified atom stereocenters. The fourth-order valence-corrected chi connectivity index (χ4v) is 1.05. The van der Waals surface area contributed by atoms with Crippen molar-refractivity contribution < 1.29 is 17.9 Å². The van der Waals surface area contributed by atoms with Gasteiger partial charge in [-0.2, -0.15) is 4.39 Å². The monoisotopic (exact) mass is 206 g/mol. The lowest BCUT2D eigenvalue weighted by Gasteiger charge is -2.08. The topological polar surface area (TPSA) is 48.1 Å². The summed E-state index contributed by atoms with van der Waals surface area (Å²) in [6.07, 6.45) is -2.82. The zero-order chi connectivity index (χ0) is 10.7. The van der Waals surface area contributed by atoms with Crippen molar-refractivity contribution in [1.82, 2.24) is 4.98 Å². The van der Waals surface area contributed by atoms with Gasteiger partial charge < -0.3 is 10.5 Å². The number of halogens is 3. The van der Waals surface area contributed by atoms with Crippen LogP contribution in [0.2, 0.25) is 0 Å². The summed E-state index contributed by atoms with van der Waals surface area (Å²) in [6.45, 7) is -0.0810. The van der Waals surface area contributed by atoms with Crippen molar-refractivity contribution in [3.8, 4) is 5.75 Å². The molecule has 0 radical (unpaired) electrons. The van der Waals surface area contributed by atoms with Crippen LogP contribution in [0, 0.1) is 5.95 Å². The van der Waals surface area contributed by atoms with Gasteiger partial charge in [-0.15, -0.1) is 0 Å². The van der Waals surface area contributed by atoms with E-state index in [9.17, 15) is 13.2 Å². The number of hydrogen-bond acceptors (Lipinski definition) is 3. The van der Waals surface area contributed by atoms with E-state index in [1.165, 1.54) is 7.11 Å². The summed E-state index contributed by atoms with van der Waals surface area (Å²) in [6, 6.07) is 1.03. The number of hydrogen-bond donors (Lipinski definition) is 1. The maximum atomic E-state index is 13.0. The molecule has 6 heteroatoms. The van der Waals surface area contributed by atoms with Crippen molar-refractivity contribution >= 4 is 0 Å². The molecular formula is C8H9F3N2O. The van der Waals surface area contributed by atoms with Crippen LogP contribution in [0.1, 0.15) is 17.7 Å². The van der Waals surface area contributed by atoms with Crippen LogP contribution in [-0.2, 0) is 6.54 Å². The molecule has 2 N–H and O–H groups in total. The third-order valence-corrected chi connectivity index (χ3v) is 1.68. The first kappa shape index (κ1) is 10.8. The Morgan fingerprint density at radius 1 is 1.57 bits per heavy atom. The van der Waals surface area contributed by atoms with E-state index >= 15 is 0 Å².